The van der Waals surface area contributed by atoms with Crippen molar-refractivity contribution >= 4 is 5.91 Å². The number of nitrogens with two attached hydrogens (primary N) is 1. The van der Waals surface area contributed by atoms with E-state index in [2.05, 4.69) is 9.89 Å². The summed E-state index contributed by atoms with van der Waals surface area (Å²) in [7, 11) is 0. The molecule has 1 aromatic carbocycles. The molecule has 2 rings (SSSR count). The van der Waals surface area contributed by atoms with E-state index < -0.39 is 12.3 Å². The van der Waals surface area contributed by atoms with Gasteiger partial charge in [-0.2, -0.15) is 0 Å². The highest BCUT2D eigenvalue weighted by Gasteiger charge is 2.31. The number of amides is 1. The molecule has 0 aliphatic heterocycles. The second-order valence-corrected chi connectivity index (χ2v) is 4.12. The topological polar surface area (TPSA) is 78.3 Å². The zero-order valence-corrected chi connectivity index (χ0v) is 10.9. The number of nitrogens with zero attached hydrogens (tertiary/aromatic N) is 1. The fourth-order valence-electron chi connectivity index (χ4n) is 1.83. The number of halogens is 3. The van der Waals surface area contributed by atoms with Gasteiger partial charge < -0.3 is 15.0 Å². The third-order valence-corrected chi connectivity index (χ3v) is 2.69. The lowest BCUT2D eigenvalue weighted by atomic mass is 10.0. The van der Waals surface area contributed by atoms with Crippen molar-refractivity contribution in [1.29, 1.82) is 0 Å². The van der Waals surface area contributed by atoms with Gasteiger partial charge in [-0.25, -0.2) is 0 Å². The van der Waals surface area contributed by atoms with Crippen LogP contribution in [0.5, 0.6) is 5.75 Å². The fourth-order valence-corrected chi connectivity index (χ4v) is 1.83. The van der Waals surface area contributed by atoms with E-state index in [0.717, 1.165) is 12.1 Å². The fraction of sp³-hybridized carbons (Fsp3) is 0.231. The van der Waals surface area contributed by atoms with E-state index in [9.17, 15) is 18.0 Å². The Balaban J connectivity index is 2.35. The van der Waals surface area contributed by atoms with Gasteiger partial charge in [0.15, 0.2) is 0 Å². The van der Waals surface area contributed by atoms with Crippen molar-refractivity contribution in [1.82, 2.24) is 5.16 Å². The lowest BCUT2D eigenvalue weighted by Crippen LogP contribution is -2.17. The standard InChI is InChI=1S/C13H11F3N2O3/c1-2-9-10(12(17)19)11(18-21-9)7-3-5-8(6-4-7)20-13(14,15)16/h3-6H,2H2,1H3,(H2,17,19). The van der Waals surface area contributed by atoms with Crippen LogP contribution in [0.2, 0.25) is 0 Å². The first-order chi connectivity index (χ1) is 9.81. The Kier molecular flexibility index (Phi) is 3.88. The normalized spacial score (nSPS) is 11.4. The maximum Gasteiger partial charge on any atom is 0.573 e. The molecule has 0 saturated heterocycles. The second-order valence-electron chi connectivity index (χ2n) is 4.12. The number of hydrogen-bond donors (Lipinski definition) is 1. The highest BCUT2D eigenvalue weighted by Crippen LogP contribution is 2.29. The van der Waals surface area contributed by atoms with Crippen LogP contribution in [0.1, 0.15) is 23.0 Å². The van der Waals surface area contributed by atoms with Gasteiger partial charge in [0.25, 0.3) is 5.91 Å². The van der Waals surface area contributed by atoms with Crippen LogP contribution in [0, 0.1) is 0 Å². The van der Waals surface area contributed by atoms with Gasteiger partial charge in [0.05, 0.1) is 0 Å². The molecule has 5 nitrogen and oxygen atoms in total. The van der Waals surface area contributed by atoms with E-state index in [1.54, 1.807) is 6.92 Å². The zero-order chi connectivity index (χ0) is 15.6. The summed E-state index contributed by atoms with van der Waals surface area (Å²) in [6.07, 6.45) is -4.34. The Morgan fingerprint density at radius 3 is 2.43 bits per heavy atom. The van der Waals surface area contributed by atoms with Crippen LogP contribution >= 0.6 is 0 Å². The van der Waals surface area contributed by atoms with Crippen molar-refractivity contribution in [2.24, 2.45) is 5.73 Å². The Labute approximate surface area is 117 Å². The Hall–Kier alpha value is -2.51. The third kappa shape index (κ3) is 3.33. The molecule has 0 fully saturated rings. The number of carbonyl (C=O) groups excluding carboxylic acids is 1. The van der Waals surface area contributed by atoms with Crippen molar-refractivity contribution < 1.29 is 27.2 Å². The van der Waals surface area contributed by atoms with Crippen molar-refractivity contribution in [2.75, 3.05) is 0 Å². The molecule has 0 aliphatic carbocycles. The van der Waals surface area contributed by atoms with E-state index in [0.29, 0.717) is 17.7 Å². The van der Waals surface area contributed by atoms with E-state index in [1.165, 1.54) is 12.1 Å². The van der Waals surface area contributed by atoms with Crippen molar-refractivity contribution in [3.05, 3.63) is 35.6 Å². The van der Waals surface area contributed by atoms with Crippen molar-refractivity contribution in [3.8, 4) is 17.0 Å². The molecule has 1 amide bonds. The summed E-state index contributed by atoms with van der Waals surface area (Å²) in [5.74, 6) is -0.752. The van der Waals surface area contributed by atoms with Crippen LogP contribution in [0.3, 0.4) is 0 Å². The van der Waals surface area contributed by atoms with Crippen LogP contribution in [0.25, 0.3) is 11.3 Å². The molecular formula is C13H11F3N2O3. The molecule has 0 aliphatic rings. The molecule has 2 aromatic rings. The number of hydrogen-bond acceptors (Lipinski definition) is 4. The Morgan fingerprint density at radius 2 is 1.95 bits per heavy atom. The molecule has 0 radical (unpaired) electrons. The zero-order valence-electron chi connectivity index (χ0n) is 10.9. The van der Waals surface area contributed by atoms with Gasteiger partial charge >= 0.3 is 6.36 Å². The van der Waals surface area contributed by atoms with Crippen LogP contribution in [0.4, 0.5) is 13.2 Å². The van der Waals surface area contributed by atoms with E-state index in [1.807, 2.05) is 0 Å². The summed E-state index contributed by atoms with van der Waals surface area (Å²) >= 11 is 0. The van der Waals surface area contributed by atoms with Crippen molar-refractivity contribution in [3.63, 3.8) is 0 Å². The minimum atomic E-state index is -4.76. The van der Waals surface area contributed by atoms with Crippen molar-refractivity contribution in [2.45, 2.75) is 19.7 Å². The van der Waals surface area contributed by atoms with E-state index in [-0.39, 0.29) is 17.0 Å². The SMILES string of the molecule is CCc1onc(-c2ccc(OC(F)(F)F)cc2)c1C(N)=O. The van der Waals surface area contributed by atoms with Gasteiger partial charge in [-0.15, -0.1) is 13.2 Å². The molecule has 0 unspecified atom stereocenters. The average molecular weight is 300 g/mol. The molecule has 0 saturated carbocycles. The highest BCUT2D eigenvalue weighted by molar-refractivity contribution is 5.99. The molecule has 0 atom stereocenters. The molecular weight excluding hydrogens is 289 g/mol. The molecule has 112 valence electrons. The van der Waals surface area contributed by atoms with Gasteiger partial charge in [0.1, 0.15) is 22.8 Å². The number of carbonyl (C=O) groups is 1. The highest BCUT2D eigenvalue weighted by atomic mass is 19.4. The number of primary amides is 1. The number of aromatic nitrogens is 1. The maximum atomic E-state index is 12.1. The van der Waals surface area contributed by atoms with Crippen LogP contribution in [-0.4, -0.2) is 17.4 Å². The minimum Gasteiger partial charge on any atom is -0.406 e. The lowest BCUT2D eigenvalue weighted by molar-refractivity contribution is -0.274. The minimum absolute atomic E-state index is 0.127. The van der Waals surface area contributed by atoms with E-state index in [4.69, 9.17) is 10.3 Å². The number of rotatable bonds is 4. The first-order valence-electron chi connectivity index (χ1n) is 5.96. The van der Waals surface area contributed by atoms with Gasteiger partial charge in [-0.05, 0) is 24.3 Å². The molecule has 0 bridgehead atoms. The summed E-state index contributed by atoms with van der Waals surface area (Å²) in [5.41, 5.74) is 6.00. The third-order valence-electron chi connectivity index (χ3n) is 2.69. The number of aryl methyl sites for hydroxylation is 1. The van der Waals surface area contributed by atoms with Gasteiger partial charge in [0, 0.05) is 12.0 Å². The lowest BCUT2D eigenvalue weighted by Gasteiger charge is -2.08. The molecule has 0 spiro atoms. The number of alkyl halides is 3. The average Bonchev–Trinajstić information content (AvgIpc) is 2.81. The Bertz CT molecular complexity index is 648. The number of ether oxygens (including phenoxy) is 1. The smallest absolute Gasteiger partial charge is 0.406 e. The summed E-state index contributed by atoms with van der Waals surface area (Å²) < 4.78 is 45.0. The summed E-state index contributed by atoms with van der Waals surface area (Å²) in [6.45, 7) is 1.76. The Morgan fingerprint density at radius 1 is 1.33 bits per heavy atom. The van der Waals surface area contributed by atoms with Crippen LogP contribution in [0.15, 0.2) is 28.8 Å². The largest absolute Gasteiger partial charge is 0.573 e. The molecule has 1 aromatic heterocycles. The molecule has 8 heteroatoms. The van der Waals surface area contributed by atoms with E-state index >= 15 is 0 Å². The van der Waals surface area contributed by atoms with Gasteiger partial charge in [-0.1, -0.05) is 12.1 Å². The first kappa shape index (κ1) is 14.9. The first-order valence-corrected chi connectivity index (χ1v) is 5.96. The quantitative estimate of drug-likeness (QED) is 0.941. The molecule has 2 N–H and O–H groups in total. The summed E-state index contributed by atoms with van der Waals surface area (Å²) in [4.78, 5) is 11.4. The predicted octanol–water partition coefficient (Wildman–Crippen LogP) is 2.90. The molecule has 1 heterocycles. The summed E-state index contributed by atoms with van der Waals surface area (Å²) in [5, 5.41) is 3.74. The van der Waals surface area contributed by atoms with Crippen LogP contribution in [-0.2, 0) is 6.42 Å². The summed E-state index contributed by atoms with van der Waals surface area (Å²) in [6, 6.07) is 4.91. The van der Waals surface area contributed by atoms with Gasteiger partial charge in [0.2, 0.25) is 0 Å². The second kappa shape index (κ2) is 5.47. The maximum absolute atomic E-state index is 12.1. The number of benzene rings is 1. The van der Waals surface area contributed by atoms with Gasteiger partial charge in [-0.3, -0.25) is 4.79 Å². The predicted molar refractivity (Wildman–Crippen MR) is 66.5 cm³/mol. The monoisotopic (exact) mass is 300 g/mol. The van der Waals surface area contributed by atoms with Crippen LogP contribution < -0.4 is 10.5 Å². The molecule has 21 heavy (non-hydrogen) atoms.